The molecule has 0 aromatic heterocycles. The number of hydrogen-bond donors (Lipinski definition) is 2. The Bertz CT molecular complexity index is 1340. The van der Waals surface area contributed by atoms with Gasteiger partial charge in [0.15, 0.2) is 0 Å². The van der Waals surface area contributed by atoms with Gasteiger partial charge in [-0.05, 0) is 94.8 Å². The van der Waals surface area contributed by atoms with Crippen LogP contribution in [0.25, 0.3) is 0 Å². The van der Waals surface area contributed by atoms with Crippen LogP contribution in [0.15, 0.2) is 130 Å². The molecule has 2 N–H and O–H groups in total. The summed E-state index contributed by atoms with van der Waals surface area (Å²) in [6.45, 7) is 24.0. The Kier molecular flexibility index (Phi) is 14.3. The van der Waals surface area contributed by atoms with Crippen molar-refractivity contribution in [1.82, 2.24) is 0 Å². The summed E-state index contributed by atoms with van der Waals surface area (Å²) in [5.74, 6) is 0.346. The molecule has 2 rings (SSSR count). The summed E-state index contributed by atoms with van der Waals surface area (Å²) in [7, 11) is 0. The third kappa shape index (κ3) is 11.9. The zero-order chi connectivity index (χ0) is 33.1. The zero-order valence-corrected chi connectivity index (χ0v) is 29.5. The number of rotatable bonds is 11. The maximum atomic E-state index is 10.2. The minimum Gasteiger partial charge on any atom is -0.393 e. The molecule has 2 nitrogen and oxygen atoms in total. The molecule has 0 aromatic rings. The number of aliphatic hydroxyl groups excluding tert-OH is 2. The van der Waals surface area contributed by atoms with Gasteiger partial charge in [-0.3, -0.25) is 0 Å². The normalized spacial score (nSPS) is 26.2. The van der Waals surface area contributed by atoms with Gasteiger partial charge >= 0.3 is 0 Å². The van der Waals surface area contributed by atoms with Crippen molar-refractivity contribution in [2.24, 2.45) is 16.7 Å². The Balaban J connectivity index is 2.00. The Morgan fingerprint density at radius 1 is 0.795 bits per heavy atom. The molecule has 0 saturated carbocycles. The van der Waals surface area contributed by atoms with Crippen molar-refractivity contribution in [3.8, 4) is 0 Å². The van der Waals surface area contributed by atoms with E-state index in [1.165, 1.54) is 44.6 Å². The second kappa shape index (κ2) is 16.9. The summed E-state index contributed by atoms with van der Waals surface area (Å²) in [4.78, 5) is 0. The minimum atomic E-state index is -0.332. The summed E-state index contributed by atoms with van der Waals surface area (Å²) in [5.41, 5.74) is 10.2. The highest BCUT2D eigenvalue weighted by Gasteiger charge is 2.34. The lowest BCUT2D eigenvalue weighted by molar-refractivity contribution is 0.116. The van der Waals surface area contributed by atoms with Gasteiger partial charge in [0.05, 0.1) is 12.2 Å². The average Bonchev–Trinajstić information content (AvgIpc) is 2.89. The van der Waals surface area contributed by atoms with Gasteiger partial charge in [-0.15, -0.1) is 0 Å². The van der Waals surface area contributed by atoms with Crippen molar-refractivity contribution in [1.29, 1.82) is 0 Å². The molecule has 240 valence electrons. The molecule has 0 aromatic carbocycles. The molecule has 2 aliphatic carbocycles. The van der Waals surface area contributed by atoms with Crippen LogP contribution in [0.3, 0.4) is 0 Å². The van der Waals surface area contributed by atoms with E-state index in [1.54, 1.807) is 0 Å². The molecule has 2 heteroatoms. The molecule has 0 fully saturated rings. The first-order chi connectivity index (χ1) is 20.6. The predicted molar refractivity (Wildman–Crippen MR) is 193 cm³/mol. The van der Waals surface area contributed by atoms with E-state index in [2.05, 4.69) is 155 Å². The Morgan fingerprint density at radius 3 is 2.05 bits per heavy atom. The quantitative estimate of drug-likeness (QED) is 0.184. The highest BCUT2D eigenvalue weighted by Crippen LogP contribution is 2.42. The zero-order valence-electron chi connectivity index (χ0n) is 29.5. The first-order valence-corrected chi connectivity index (χ1v) is 16.4. The van der Waals surface area contributed by atoms with Crippen LogP contribution in [0.1, 0.15) is 102 Å². The molecule has 0 heterocycles. The molecule has 0 aliphatic heterocycles. The summed E-state index contributed by atoms with van der Waals surface area (Å²) >= 11 is 0. The molecular formula is C42H60O2. The van der Waals surface area contributed by atoms with Crippen molar-refractivity contribution in [3.05, 3.63) is 130 Å². The number of aliphatic hydroxyl groups is 2. The molecule has 0 saturated heterocycles. The van der Waals surface area contributed by atoms with Crippen molar-refractivity contribution < 1.29 is 10.2 Å². The van der Waals surface area contributed by atoms with E-state index in [0.717, 1.165) is 25.7 Å². The molecule has 3 atom stereocenters. The summed E-state index contributed by atoms with van der Waals surface area (Å²) < 4.78 is 0. The van der Waals surface area contributed by atoms with Gasteiger partial charge in [-0.25, -0.2) is 0 Å². The van der Waals surface area contributed by atoms with Crippen LogP contribution in [0.5, 0.6) is 0 Å². The highest BCUT2D eigenvalue weighted by atomic mass is 16.3. The van der Waals surface area contributed by atoms with E-state index in [-0.39, 0.29) is 23.0 Å². The van der Waals surface area contributed by atoms with Crippen LogP contribution >= 0.6 is 0 Å². The number of hydrogen-bond acceptors (Lipinski definition) is 2. The van der Waals surface area contributed by atoms with Gasteiger partial charge in [0, 0.05) is 5.92 Å². The van der Waals surface area contributed by atoms with E-state index >= 15 is 0 Å². The summed E-state index contributed by atoms with van der Waals surface area (Å²) in [6.07, 6.45) is 33.1. The van der Waals surface area contributed by atoms with Crippen LogP contribution in [0.4, 0.5) is 0 Å². The molecule has 0 bridgehead atoms. The molecule has 0 spiro atoms. The second-order valence-electron chi connectivity index (χ2n) is 14.4. The fraction of sp³-hybridized carbons (Fsp3) is 0.476. The van der Waals surface area contributed by atoms with E-state index in [9.17, 15) is 10.2 Å². The van der Waals surface area contributed by atoms with Gasteiger partial charge in [0.2, 0.25) is 0 Å². The molecular weight excluding hydrogens is 536 g/mol. The van der Waals surface area contributed by atoms with Gasteiger partial charge in [0.1, 0.15) is 0 Å². The van der Waals surface area contributed by atoms with Crippen LogP contribution in [-0.2, 0) is 0 Å². The molecule has 44 heavy (non-hydrogen) atoms. The monoisotopic (exact) mass is 596 g/mol. The molecule has 3 unspecified atom stereocenters. The van der Waals surface area contributed by atoms with E-state index in [0.29, 0.717) is 5.92 Å². The van der Waals surface area contributed by atoms with Gasteiger partial charge in [-0.2, -0.15) is 0 Å². The van der Waals surface area contributed by atoms with Crippen LogP contribution < -0.4 is 0 Å². The molecule has 0 amide bonds. The van der Waals surface area contributed by atoms with Crippen LogP contribution in [-0.4, -0.2) is 22.4 Å². The average molecular weight is 597 g/mol. The number of allylic oxidation sites excluding steroid dienone is 20. The molecule has 2 aliphatic rings. The lowest BCUT2D eigenvalue weighted by Gasteiger charge is -2.38. The summed E-state index contributed by atoms with van der Waals surface area (Å²) in [5, 5.41) is 20.2. The lowest BCUT2D eigenvalue weighted by Crippen LogP contribution is -2.32. The smallest absolute Gasteiger partial charge is 0.0729 e. The lowest BCUT2D eigenvalue weighted by atomic mass is 9.67. The van der Waals surface area contributed by atoms with Crippen LogP contribution in [0.2, 0.25) is 0 Å². The second-order valence-corrected chi connectivity index (χ2v) is 14.4. The van der Waals surface area contributed by atoms with E-state index in [4.69, 9.17) is 0 Å². The SMILES string of the molecule is CCC(=C\C=C(C)\C=C\C1=C(C)CC(O)CC1(C)C)/C(C)=C/C=C/C=C(C)/C=C/C=C(C)/C=C/C1C(C)=CC(O)CC1(C)C. The highest BCUT2D eigenvalue weighted by molar-refractivity contribution is 5.40. The van der Waals surface area contributed by atoms with Gasteiger partial charge in [-0.1, -0.05) is 148 Å². The Hall–Kier alpha value is -2.94. The van der Waals surface area contributed by atoms with Crippen LogP contribution in [0, 0.1) is 16.7 Å². The first-order valence-electron chi connectivity index (χ1n) is 16.4. The fourth-order valence-corrected chi connectivity index (χ4v) is 6.60. The Morgan fingerprint density at radius 2 is 1.41 bits per heavy atom. The summed E-state index contributed by atoms with van der Waals surface area (Å²) in [6, 6.07) is 0. The third-order valence-electron chi connectivity index (χ3n) is 9.03. The van der Waals surface area contributed by atoms with Crippen molar-refractivity contribution in [2.45, 2.75) is 114 Å². The van der Waals surface area contributed by atoms with Crippen molar-refractivity contribution in [2.75, 3.05) is 0 Å². The van der Waals surface area contributed by atoms with E-state index < -0.39 is 0 Å². The largest absolute Gasteiger partial charge is 0.393 e. The van der Waals surface area contributed by atoms with Crippen molar-refractivity contribution >= 4 is 0 Å². The fourth-order valence-electron chi connectivity index (χ4n) is 6.60. The first kappa shape index (κ1) is 37.2. The maximum absolute atomic E-state index is 10.2. The van der Waals surface area contributed by atoms with Gasteiger partial charge < -0.3 is 10.2 Å². The Labute approximate surface area is 270 Å². The minimum absolute atomic E-state index is 0.000102. The maximum Gasteiger partial charge on any atom is 0.0729 e. The van der Waals surface area contributed by atoms with Gasteiger partial charge in [0.25, 0.3) is 0 Å². The standard InChI is InChI=1S/C42H60O2/c1-12-36(23-20-32(4)22-25-40-35(7)27-38(44)29-42(40,10)11)33(5)19-14-13-16-30(2)17-15-18-31(3)21-24-39-34(6)26-37(43)28-41(39,8)9/h13-26,37-39,43-44H,12,27-29H2,1-11H3/b14-13+,17-15+,24-21+,25-22+,30-16+,31-18+,32-20+,33-19+,36-23+. The van der Waals surface area contributed by atoms with E-state index in [1.807, 2.05) is 6.08 Å². The van der Waals surface area contributed by atoms with Crippen molar-refractivity contribution in [3.63, 3.8) is 0 Å². The molecule has 0 radical (unpaired) electrons. The predicted octanol–water partition coefficient (Wildman–Crippen LogP) is 11.2. The third-order valence-corrected chi connectivity index (χ3v) is 9.03. The topological polar surface area (TPSA) is 40.5 Å².